The molecule has 28 heavy (non-hydrogen) atoms. The summed E-state index contributed by atoms with van der Waals surface area (Å²) >= 11 is 0. The maximum atomic E-state index is 12.2. The van der Waals surface area contributed by atoms with Gasteiger partial charge >= 0.3 is 0 Å². The summed E-state index contributed by atoms with van der Waals surface area (Å²) in [6.07, 6.45) is 0.323. The zero-order chi connectivity index (χ0) is 19.9. The Morgan fingerprint density at radius 3 is 2.50 bits per heavy atom. The van der Waals surface area contributed by atoms with Crippen molar-refractivity contribution >= 4 is 17.3 Å². The molecule has 0 radical (unpaired) electrons. The van der Waals surface area contributed by atoms with Gasteiger partial charge in [-0.05, 0) is 18.6 Å². The smallest absolute Gasteiger partial charge is 0.292 e. The van der Waals surface area contributed by atoms with E-state index in [2.05, 4.69) is 46.3 Å². The van der Waals surface area contributed by atoms with Gasteiger partial charge in [0.1, 0.15) is 5.69 Å². The number of aryl methyl sites for hydroxylation is 1. The van der Waals surface area contributed by atoms with Crippen LogP contribution in [0.5, 0.6) is 0 Å². The standard InChI is InChI=1S/C21H26N4O3/c1-17-5-4-6-18(15-17)16-24-13-11-23(12-14-24)10-9-21(26)22-19-7-2-3-8-20(19)25(27)28/h2-8,15H,9-14,16H2,1H3,(H,22,26). The molecule has 0 spiro atoms. The number of nitrogens with zero attached hydrogens (tertiary/aromatic N) is 3. The van der Waals surface area contributed by atoms with Gasteiger partial charge in [0.15, 0.2) is 0 Å². The largest absolute Gasteiger partial charge is 0.320 e. The predicted molar refractivity (Wildman–Crippen MR) is 109 cm³/mol. The quantitative estimate of drug-likeness (QED) is 0.588. The molecule has 1 aliphatic rings. The molecule has 0 aromatic heterocycles. The van der Waals surface area contributed by atoms with Crippen LogP contribution >= 0.6 is 0 Å². The molecule has 7 heteroatoms. The number of rotatable bonds is 7. The van der Waals surface area contributed by atoms with Crippen molar-refractivity contribution in [2.24, 2.45) is 0 Å². The number of benzene rings is 2. The second-order valence-corrected chi connectivity index (χ2v) is 7.18. The first-order chi connectivity index (χ1) is 13.5. The molecule has 0 bridgehead atoms. The Morgan fingerprint density at radius 2 is 1.79 bits per heavy atom. The third kappa shape index (κ3) is 5.61. The van der Waals surface area contributed by atoms with Gasteiger partial charge in [0.25, 0.3) is 5.69 Å². The third-order valence-corrected chi connectivity index (χ3v) is 4.98. The van der Waals surface area contributed by atoms with Crippen molar-refractivity contribution in [1.29, 1.82) is 0 Å². The lowest BCUT2D eigenvalue weighted by molar-refractivity contribution is -0.383. The van der Waals surface area contributed by atoms with Crippen LogP contribution in [0.25, 0.3) is 0 Å². The number of carbonyl (C=O) groups is 1. The number of nitrogens with one attached hydrogen (secondary N) is 1. The molecule has 1 heterocycles. The average molecular weight is 382 g/mol. The maximum absolute atomic E-state index is 12.2. The number of hydrogen-bond acceptors (Lipinski definition) is 5. The van der Waals surface area contributed by atoms with Gasteiger partial charge in [0.05, 0.1) is 4.92 Å². The number of amides is 1. The van der Waals surface area contributed by atoms with E-state index in [-0.39, 0.29) is 17.3 Å². The molecule has 1 amide bonds. The Morgan fingerprint density at radius 1 is 1.07 bits per heavy atom. The highest BCUT2D eigenvalue weighted by Crippen LogP contribution is 2.23. The molecule has 0 unspecified atom stereocenters. The van der Waals surface area contributed by atoms with Crippen LogP contribution in [0.2, 0.25) is 0 Å². The molecular weight excluding hydrogens is 356 g/mol. The van der Waals surface area contributed by atoms with Crippen LogP contribution in [0.1, 0.15) is 17.5 Å². The fourth-order valence-corrected chi connectivity index (χ4v) is 3.45. The van der Waals surface area contributed by atoms with Crippen LogP contribution < -0.4 is 5.32 Å². The van der Waals surface area contributed by atoms with Gasteiger partial charge in [-0.1, -0.05) is 42.0 Å². The van der Waals surface area contributed by atoms with E-state index in [1.807, 2.05) is 0 Å². The Labute approximate surface area is 165 Å². The highest BCUT2D eigenvalue weighted by molar-refractivity contribution is 5.93. The number of carbonyl (C=O) groups excluding carboxylic acids is 1. The van der Waals surface area contributed by atoms with Crippen molar-refractivity contribution < 1.29 is 9.72 Å². The van der Waals surface area contributed by atoms with Gasteiger partial charge in [-0.2, -0.15) is 0 Å². The number of para-hydroxylation sites is 2. The van der Waals surface area contributed by atoms with Gasteiger partial charge in [0, 0.05) is 51.8 Å². The van der Waals surface area contributed by atoms with E-state index in [0.29, 0.717) is 13.0 Å². The zero-order valence-electron chi connectivity index (χ0n) is 16.1. The number of piperazine rings is 1. The summed E-state index contributed by atoms with van der Waals surface area (Å²) in [5.41, 5.74) is 2.78. The lowest BCUT2D eigenvalue weighted by Gasteiger charge is -2.34. The molecule has 0 saturated carbocycles. The molecule has 1 fully saturated rings. The lowest BCUT2D eigenvalue weighted by atomic mass is 10.1. The molecular formula is C21H26N4O3. The molecule has 0 atom stereocenters. The number of hydrogen-bond donors (Lipinski definition) is 1. The summed E-state index contributed by atoms with van der Waals surface area (Å²) < 4.78 is 0. The zero-order valence-corrected chi connectivity index (χ0v) is 16.1. The summed E-state index contributed by atoms with van der Waals surface area (Å²) in [4.78, 5) is 27.4. The summed E-state index contributed by atoms with van der Waals surface area (Å²) in [6, 6.07) is 14.8. The van der Waals surface area contributed by atoms with Crippen LogP contribution in [-0.4, -0.2) is 53.4 Å². The molecule has 0 aliphatic carbocycles. The van der Waals surface area contributed by atoms with E-state index in [1.165, 1.54) is 17.2 Å². The Balaban J connectivity index is 1.42. The number of nitro benzene ring substituents is 1. The maximum Gasteiger partial charge on any atom is 0.292 e. The second kappa shape index (κ2) is 9.43. The molecule has 148 valence electrons. The third-order valence-electron chi connectivity index (χ3n) is 4.98. The number of anilines is 1. The van der Waals surface area contributed by atoms with Gasteiger partial charge in [0.2, 0.25) is 5.91 Å². The van der Waals surface area contributed by atoms with E-state index in [0.717, 1.165) is 32.7 Å². The fourth-order valence-electron chi connectivity index (χ4n) is 3.45. The van der Waals surface area contributed by atoms with Gasteiger partial charge in [-0.3, -0.25) is 19.8 Å². The first-order valence-corrected chi connectivity index (χ1v) is 9.55. The second-order valence-electron chi connectivity index (χ2n) is 7.18. The molecule has 2 aromatic rings. The van der Waals surface area contributed by atoms with E-state index in [9.17, 15) is 14.9 Å². The SMILES string of the molecule is Cc1cccc(CN2CCN(CCC(=O)Nc3ccccc3[N+](=O)[O-])CC2)c1. The van der Waals surface area contributed by atoms with Crippen LogP contribution in [0.3, 0.4) is 0 Å². The minimum Gasteiger partial charge on any atom is -0.320 e. The van der Waals surface area contributed by atoms with Crippen molar-refractivity contribution in [3.63, 3.8) is 0 Å². The van der Waals surface area contributed by atoms with Crippen molar-refractivity contribution in [1.82, 2.24) is 9.80 Å². The Kier molecular flexibility index (Phi) is 6.73. The highest BCUT2D eigenvalue weighted by Gasteiger charge is 2.19. The van der Waals surface area contributed by atoms with Crippen LogP contribution in [-0.2, 0) is 11.3 Å². The Hall–Kier alpha value is -2.77. The van der Waals surface area contributed by atoms with Gasteiger partial charge in [-0.25, -0.2) is 0 Å². The van der Waals surface area contributed by atoms with E-state index < -0.39 is 4.92 Å². The predicted octanol–water partition coefficient (Wildman–Crippen LogP) is 3.05. The minimum absolute atomic E-state index is 0.0828. The van der Waals surface area contributed by atoms with Crippen molar-refractivity contribution in [3.05, 3.63) is 69.8 Å². The monoisotopic (exact) mass is 382 g/mol. The van der Waals surface area contributed by atoms with Crippen LogP contribution in [0.4, 0.5) is 11.4 Å². The van der Waals surface area contributed by atoms with Crippen molar-refractivity contribution in [3.8, 4) is 0 Å². The molecule has 1 saturated heterocycles. The summed E-state index contributed by atoms with van der Waals surface area (Å²) in [7, 11) is 0. The van der Waals surface area contributed by atoms with Gasteiger partial charge in [-0.15, -0.1) is 0 Å². The van der Waals surface area contributed by atoms with Gasteiger partial charge < -0.3 is 10.2 Å². The molecule has 2 aromatic carbocycles. The van der Waals surface area contributed by atoms with Crippen molar-refractivity contribution in [2.45, 2.75) is 19.9 Å². The topological polar surface area (TPSA) is 78.7 Å². The summed E-state index contributed by atoms with van der Waals surface area (Å²) in [5, 5.41) is 13.7. The minimum atomic E-state index is -0.483. The Bertz CT molecular complexity index is 832. The van der Waals surface area contributed by atoms with Crippen LogP contribution in [0.15, 0.2) is 48.5 Å². The first-order valence-electron chi connectivity index (χ1n) is 9.55. The molecule has 3 rings (SSSR count). The van der Waals surface area contributed by atoms with E-state index >= 15 is 0 Å². The molecule has 7 nitrogen and oxygen atoms in total. The number of nitro groups is 1. The summed E-state index contributed by atoms with van der Waals surface area (Å²) in [5.74, 6) is -0.198. The first kappa shape index (κ1) is 20.0. The molecule has 1 aliphatic heterocycles. The van der Waals surface area contributed by atoms with E-state index in [4.69, 9.17) is 0 Å². The normalized spacial score (nSPS) is 15.3. The fraction of sp³-hybridized carbons (Fsp3) is 0.381. The lowest BCUT2D eigenvalue weighted by Crippen LogP contribution is -2.46. The molecule has 1 N–H and O–H groups in total. The average Bonchev–Trinajstić information content (AvgIpc) is 2.68. The van der Waals surface area contributed by atoms with Crippen molar-refractivity contribution in [2.75, 3.05) is 38.0 Å². The highest BCUT2D eigenvalue weighted by atomic mass is 16.6. The summed E-state index contributed by atoms with van der Waals surface area (Å²) in [6.45, 7) is 7.50. The van der Waals surface area contributed by atoms with Crippen LogP contribution in [0, 0.1) is 17.0 Å². The van der Waals surface area contributed by atoms with E-state index in [1.54, 1.807) is 18.2 Å².